The molecule has 3 aromatic heterocycles. The van der Waals surface area contributed by atoms with Crippen molar-refractivity contribution in [3.05, 3.63) is 39.6 Å². The molecule has 7 N–H and O–H groups in total. The van der Waals surface area contributed by atoms with E-state index in [1.807, 2.05) is 0 Å². The molecule has 5 heterocycles. The van der Waals surface area contributed by atoms with Crippen molar-refractivity contribution < 1.29 is 38.8 Å². The molecule has 1 fully saturated rings. The predicted octanol–water partition coefficient (Wildman–Crippen LogP) is -1.58. The number of anilines is 2. The number of fused-ring (bicyclic) bond motifs is 2. The van der Waals surface area contributed by atoms with Gasteiger partial charge in [0.15, 0.2) is 10.8 Å². The number of H-pyrrole nitrogens is 1. The van der Waals surface area contributed by atoms with Gasteiger partial charge in [0.2, 0.25) is 6.10 Å². The van der Waals surface area contributed by atoms with E-state index in [0.29, 0.717) is 16.7 Å². The molecule has 2 aliphatic rings. The number of nitrogen functional groups attached to an aromatic ring is 2. The van der Waals surface area contributed by atoms with E-state index in [9.17, 15) is 24.3 Å². The zero-order chi connectivity index (χ0) is 29.6. The number of hydrogen-bond donors (Lipinski definition) is 5. The van der Waals surface area contributed by atoms with Crippen LogP contribution in [0, 0.1) is 0 Å². The summed E-state index contributed by atoms with van der Waals surface area (Å²) in [4.78, 5) is 66.7. The molecule has 1 saturated heterocycles. The molecular weight excluding hydrogens is 602 g/mol. The molecular formula is C22H20ClN9O7S2. The standard InChI is InChI=1S/C22H20ClN9O7S2/c1-7(19(35)36)39-30-11(10-14(23)41-22(25)28-10)16(33)27-12-17(34)32-13(20(37)38)8(6-40-18(12)32)5-31-4-2-3-9-15(31)29-21(24)26-9/h2-4,7,12,18H,5-6H2,1H3,(H7,24,25,26,27,28,33,35,36,37,38)/b30-11-/t7-,12?,18?/m0/s1. The molecule has 0 saturated carbocycles. The summed E-state index contributed by atoms with van der Waals surface area (Å²) in [5.74, 6) is -4.18. The summed E-state index contributed by atoms with van der Waals surface area (Å²) < 4.78 is 1.67. The van der Waals surface area contributed by atoms with E-state index in [0.717, 1.165) is 16.2 Å². The number of rotatable bonds is 9. The number of carbonyl (C=O) groups excluding carboxylic acids is 3. The lowest BCUT2D eigenvalue weighted by Gasteiger charge is -2.50. The summed E-state index contributed by atoms with van der Waals surface area (Å²) >= 11 is 8.21. The van der Waals surface area contributed by atoms with Gasteiger partial charge in [0.25, 0.3) is 11.8 Å². The van der Waals surface area contributed by atoms with Gasteiger partial charge in [-0.3, -0.25) is 19.5 Å². The number of β-lactam (4-membered cyclic amide) rings is 1. The zero-order valence-electron chi connectivity index (χ0n) is 20.9. The van der Waals surface area contributed by atoms with Crippen molar-refractivity contribution in [2.24, 2.45) is 5.16 Å². The minimum atomic E-state index is -1.55. The van der Waals surface area contributed by atoms with Gasteiger partial charge in [-0.25, -0.2) is 14.3 Å². The minimum absolute atomic E-state index is 0.00729. The number of hydrogen-bond acceptors (Lipinski definition) is 13. The van der Waals surface area contributed by atoms with Crippen LogP contribution in [0.3, 0.4) is 0 Å². The molecule has 3 aromatic rings. The van der Waals surface area contributed by atoms with Crippen molar-refractivity contribution in [1.29, 1.82) is 0 Å². The number of aromatic amines is 1. The van der Waals surface area contributed by atoms with Crippen LogP contribution < -0.4 is 26.5 Å². The van der Waals surface area contributed by atoms with Crippen LogP contribution in [0.1, 0.15) is 12.6 Å². The Labute approximate surface area is 243 Å². The number of carboxylic acid groups (broad SMARTS) is 2. The van der Waals surface area contributed by atoms with Gasteiger partial charge in [-0.2, -0.15) is 0 Å². The maximum Gasteiger partial charge on any atom is 0.351 e. The molecule has 16 nitrogen and oxygen atoms in total. The van der Waals surface area contributed by atoms with Crippen LogP contribution >= 0.6 is 34.7 Å². The highest BCUT2D eigenvalue weighted by molar-refractivity contribution is 8.00. The molecule has 2 amide bonds. The van der Waals surface area contributed by atoms with E-state index in [2.05, 4.69) is 25.4 Å². The summed E-state index contributed by atoms with van der Waals surface area (Å²) in [5, 5.41) is 26.6. The van der Waals surface area contributed by atoms with Gasteiger partial charge in [-0.15, -0.1) is 11.8 Å². The summed E-state index contributed by atoms with van der Waals surface area (Å²) in [7, 11) is 0. The fraction of sp³-hybridized carbons (Fsp3) is 0.273. The largest absolute Gasteiger partial charge is 0.543 e. The molecule has 0 aromatic carbocycles. The lowest BCUT2D eigenvalue weighted by molar-refractivity contribution is -0.664. The smallest absolute Gasteiger partial charge is 0.351 e. The molecule has 214 valence electrons. The Kier molecular flexibility index (Phi) is 7.45. The number of nitrogens with zero attached hydrogens (tertiary/aromatic N) is 5. The van der Waals surface area contributed by atoms with Gasteiger partial charge in [-0.1, -0.05) is 28.1 Å². The third-order valence-electron chi connectivity index (χ3n) is 6.11. The number of oxime groups is 1. The summed E-state index contributed by atoms with van der Waals surface area (Å²) in [6, 6.07) is 2.35. The average molecular weight is 622 g/mol. The number of nitrogens with one attached hydrogen (secondary N) is 2. The molecule has 2 unspecified atom stereocenters. The third kappa shape index (κ3) is 5.23. The molecule has 41 heavy (non-hydrogen) atoms. The first-order chi connectivity index (χ1) is 19.5. The van der Waals surface area contributed by atoms with Crippen LogP contribution in [-0.2, 0) is 30.6 Å². The first-order valence-electron chi connectivity index (χ1n) is 11.7. The molecule has 5 rings (SSSR count). The van der Waals surface area contributed by atoms with Crippen LogP contribution in [0.4, 0.5) is 11.1 Å². The Morgan fingerprint density at radius 2 is 2.17 bits per heavy atom. The molecule has 0 aliphatic carbocycles. The Bertz CT molecular complexity index is 1670. The van der Waals surface area contributed by atoms with Gasteiger partial charge >= 0.3 is 17.6 Å². The maximum atomic E-state index is 13.2. The van der Waals surface area contributed by atoms with E-state index in [-0.39, 0.29) is 39.1 Å². The first-order valence-corrected chi connectivity index (χ1v) is 13.9. The van der Waals surface area contributed by atoms with Crippen LogP contribution in [0.5, 0.6) is 0 Å². The predicted molar refractivity (Wildman–Crippen MR) is 144 cm³/mol. The van der Waals surface area contributed by atoms with Crippen LogP contribution in [-0.4, -0.2) is 77.7 Å². The number of carboxylic acids is 2. The minimum Gasteiger partial charge on any atom is -0.543 e. The van der Waals surface area contributed by atoms with E-state index in [1.54, 1.807) is 22.9 Å². The van der Waals surface area contributed by atoms with Crippen LogP contribution in [0.2, 0.25) is 4.34 Å². The van der Waals surface area contributed by atoms with Crippen LogP contribution in [0.25, 0.3) is 11.2 Å². The SMILES string of the molecule is C[C@H](O/N=C(\C(=O)NC1C(=O)N2C(C(=O)[O-])=C(C[n+]3cccc4[nH]c(N)nc43)CSC12)c1nc(N)sc1Cl)C(=O)O. The normalized spacial score (nSPS) is 19.5. The average Bonchev–Trinajstić information content (AvgIpc) is 3.47. The quantitative estimate of drug-likeness (QED) is 0.0786. The summed E-state index contributed by atoms with van der Waals surface area (Å²) in [6.07, 6.45) is 0.281. The van der Waals surface area contributed by atoms with Crippen molar-refractivity contribution in [2.75, 3.05) is 17.2 Å². The Morgan fingerprint density at radius 3 is 2.83 bits per heavy atom. The second-order valence-corrected chi connectivity index (χ2v) is 11.5. The topological polar surface area (TPSA) is 246 Å². The third-order valence-corrected chi connectivity index (χ3v) is 8.53. The lowest BCUT2D eigenvalue weighted by Crippen LogP contribution is -2.71. The zero-order valence-corrected chi connectivity index (χ0v) is 23.2. The number of thioether (sulfide) groups is 1. The molecule has 2 aliphatic heterocycles. The number of nitrogens with two attached hydrogens (primary N) is 2. The number of imidazole rings is 1. The Morgan fingerprint density at radius 1 is 1.41 bits per heavy atom. The number of carbonyl (C=O) groups is 4. The highest BCUT2D eigenvalue weighted by Gasteiger charge is 2.53. The van der Waals surface area contributed by atoms with Gasteiger partial charge in [-0.05, 0) is 24.0 Å². The van der Waals surface area contributed by atoms with Gasteiger partial charge in [0.05, 0.1) is 17.9 Å². The number of thiazole rings is 1. The van der Waals surface area contributed by atoms with Gasteiger partial charge in [0, 0.05) is 11.3 Å². The highest BCUT2D eigenvalue weighted by Crippen LogP contribution is 2.40. The number of pyridine rings is 1. The van der Waals surface area contributed by atoms with Crippen molar-refractivity contribution >= 4 is 86.4 Å². The van der Waals surface area contributed by atoms with E-state index in [1.165, 1.54) is 18.7 Å². The fourth-order valence-electron chi connectivity index (χ4n) is 4.21. The van der Waals surface area contributed by atoms with Crippen LogP contribution in [0.15, 0.2) is 34.8 Å². The van der Waals surface area contributed by atoms with E-state index < -0.39 is 47.0 Å². The van der Waals surface area contributed by atoms with Gasteiger partial charge in [0.1, 0.15) is 33.5 Å². The second kappa shape index (κ2) is 10.9. The lowest BCUT2D eigenvalue weighted by atomic mass is 10.0. The Hall–Kier alpha value is -4.42. The molecule has 3 atom stereocenters. The van der Waals surface area contributed by atoms with E-state index >= 15 is 0 Å². The highest BCUT2D eigenvalue weighted by atomic mass is 35.5. The molecule has 0 radical (unpaired) electrons. The van der Waals surface area contributed by atoms with Crippen molar-refractivity contribution in [1.82, 2.24) is 25.2 Å². The van der Waals surface area contributed by atoms with Crippen molar-refractivity contribution in [3.63, 3.8) is 0 Å². The molecule has 0 spiro atoms. The van der Waals surface area contributed by atoms with E-state index in [4.69, 9.17) is 33.0 Å². The monoisotopic (exact) mass is 621 g/mol. The van der Waals surface area contributed by atoms with Crippen molar-refractivity contribution in [3.8, 4) is 0 Å². The number of aromatic nitrogens is 4. The fourth-order valence-corrected chi connectivity index (χ4v) is 6.48. The summed E-state index contributed by atoms with van der Waals surface area (Å²) in [5.41, 5.74) is 12.0. The summed E-state index contributed by atoms with van der Waals surface area (Å²) in [6.45, 7) is 1.28. The number of amides is 2. The number of aliphatic carboxylic acids is 2. The molecule has 0 bridgehead atoms. The second-order valence-electron chi connectivity index (χ2n) is 8.80. The van der Waals surface area contributed by atoms with Gasteiger partial charge < -0.3 is 36.6 Å². The molecule has 19 heteroatoms. The first kappa shape index (κ1) is 28.1. The number of halogens is 1. The maximum absolute atomic E-state index is 13.2. The van der Waals surface area contributed by atoms with Crippen molar-refractivity contribution in [2.45, 2.75) is 31.0 Å². The Balaban J connectivity index is 1.39.